The number of nitrogens with zero attached hydrogens (tertiary/aromatic N) is 2. The lowest BCUT2D eigenvalue weighted by Crippen LogP contribution is -2.11. The van der Waals surface area contributed by atoms with Crippen LogP contribution in [0.1, 0.15) is 31.6 Å². The molecule has 146 valence electrons. The molecule has 9 heteroatoms. The van der Waals surface area contributed by atoms with Gasteiger partial charge in [0.15, 0.2) is 11.6 Å². The standard InChI is InChI=1S/C20H17N5O3S/c1-11-9-16(23-19(26)15-7-4-8-28-15)29-17(11)20(27)22-14-6-3-5-13(10-14)18-21-12(2)24-25-18/h3-10H,1-2H3,(H,22,27)(H,23,26)(H,21,24,25). The second-order valence-electron chi connectivity index (χ2n) is 6.33. The van der Waals surface area contributed by atoms with Crippen molar-refractivity contribution in [2.75, 3.05) is 10.6 Å². The summed E-state index contributed by atoms with van der Waals surface area (Å²) in [5, 5.41) is 13.1. The van der Waals surface area contributed by atoms with Gasteiger partial charge in [0, 0.05) is 11.3 Å². The molecule has 0 radical (unpaired) electrons. The number of rotatable bonds is 5. The van der Waals surface area contributed by atoms with Crippen LogP contribution in [0.3, 0.4) is 0 Å². The van der Waals surface area contributed by atoms with Crippen molar-refractivity contribution in [3.05, 3.63) is 70.8 Å². The maximum absolute atomic E-state index is 12.7. The minimum atomic E-state index is -0.363. The van der Waals surface area contributed by atoms with E-state index in [4.69, 9.17) is 4.42 Å². The molecule has 0 spiro atoms. The van der Waals surface area contributed by atoms with E-state index in [0.29, 0.717) is 27.2 Å². The van der Waals surface area contributed by atoms with Crippen molar-refractivity contribution in [2.24, 2.45) is 0 Å². The van der Waals surface area contributed by atoms with Gasteiger partial charge in [-0.3, -0.25) is 14.7 Å². The predicted octanol–water partition coefficient (Wildman–Crippen LogP) is 4.25. The molecule has 0 aliphatic rings. The van der Waals surface area contributed by atoms with Crippen LogP contribution in [0.25, 0.3) is 11.4 Å². The quantitative estimate of drug-likeness (QED) is 0.458. The number of carbonyl (C=O) groups excluding carboxylic acids is 2. The van der Waals surface area contributed by atoms with Gasteiger partial charge in [-0.25, -0.2) is 4.98 Å². The molecule has 0 aliphatic heterocycles. The summed E-state index contributed by atoms with van der Waals surface area (Å²) >= 11 is 1.20. The van der Waals surface area contributed by atoms with Crippen LogP contribution in [0.15, 0.2) is 53.1 Å². The number of amides is 2. The van der Waals surface area contributed by atoms with Crippen LogP contribution in [0, 0.1) is 13.8 Å². The van der Waals surface area contributed by atoms with Gasteiger partial charge in [-0.2, -0.15) is 5.10 Å². The number of aryl methyl sites for hydroxylation is 2. The monoisotopic (exact) mass is 407 g/mol. The molecule has 0 unspecified atom stereocenters. The summed E-state index contributed by atoms with van der Waals surface area (Å²) in [5.41, 5.74) is 2.19. The SMILES string of the molecule is Cc1nc(-c2cccc(NC(=O)c3sc(NC(=O)c4ccco4)cc3C)c2)n[nH]1. The summed E-state index contributed by atoms with van der Waals surface area (Å²) in [7, 11) is 0. The van der Waals surface area contributed by atoms with E-state index in [1.807, 2.05) is 32.0 Å². The summed E-state index contributed by atoms with van der Waals surface area (Å²) in [6.45, 7) is 3.64. The summed E-state index contributed by atoms with van der Waals surface area (Å²) in [5.74, 6) is 0.870. The molecule has 3 N–H and O–H groups in total. The third-order valence-corrected chi connectivity index (χ3v) is 5.23. The molecule has 0 fully saturated rings. The molecule has 29 heavy (non-hydrogen) atoms. The average Bonchev–Trinajstić information content (AvgIpc) is 3.43. The van der Waals surface area contributed by atoms with Gasteiger partial charge in [-0.05, 0) is 49.7 Å². The van der Waals surface area contributed by atoms with Crippen LogP contribution in [0.2, 0.25) is 0 Å². The van der Waals surface area contributed by atoms with E-state index in [9.17, 15) is 9.59 Å². The van der Waals surface area contributed by atoms with Crippen LogP contribution in [-0.4, -0.2) is 27.0 Å². The Kier molecular flexibility index (Phi) is 4.96. The highest BCUT2D eigenvalue weighted by atomic mass is 32.1. The lowest BCUT2D eigenvalue weighted by molar-refractivity contribution is 0.0995. The molecule has 8 nitrogen and oxygen atoms in total. The largest absolute Gasteiger partial charge is 0.459 e. The summed E-state index contributed by atoms with van der Waals surface area (Å²) in [6, 6.07) is 12.3. The fourth-order valence-electron chi connectivity index (χ4n) is 2.75. The third kappa shape index (κ3) is 4.09. The minimum Gasteiger partial charge on any atom is -0.459 e. The van der Waals surface area contributed by atoms with Crippen molar-refractivity contribution in [1.29, 1.82) is 0 Å². The number of hydrogen-bond acceptors (Lipinski definition) is 6. The molecule has 1 aromatic carbocycles. The Hall–Kier alpha value is -3.72. The molecular weight excluding hydrogens is 390 g/mol. The minimum absolute atomic E-state index is 0.209. The summed E-state index contributed by atoms with van der Waals surface area (Å²) in [6.07, 6.45) is 1.43. The molecule has 3 aromatic heterocycles. The van der Waals surface area contributed by atoms with Crippen molar-refractivity contribution in [3.8, 4) is 11.4 Å². The van der Waals surface area contributed by atoms with Crippen LogP contribution in [0.4, 0.5) is 10.7 Å². The number of benzene rings is 1. The zero-order valence-corrected chi connectivity index (χ0v) is 16.5. The Balaban J connectivity index is 1.49. The number of H-pyrrole nitrogens is 1. The van der Waals surface area contributed by atoms with Gasteiger partial charge >= 0.3 is 0 Å². The molecule has 3 heterocycles. The van der Waals surface area contributed by atoms with Crippen LogP contribution in [0.5, 0.6) is 0 Å². The number of nitrogens with one attached hydrogen (secondary N) is 3. The molecule has 0 aliphatic carbocycles. The number of aromatic nitrogens is 3. The summed E-state index contributed by atoms with van der Waals surface area (Å²) < 4.78 is 5.08. The number of thiophene rings is 1. The fraction of sp³-hybridized carbons (Fsp3) is 0.100. The van der Waals surface area contributed by atoms with Gasteiger partial charge in [-0.1, -0.05) is 12.1 Å². The summed E-state index contributed by atoms with van der Waals surface area (Å²) in [4.78, 5) is 29.7. The van der Waals surface area contributed by atoms with Gasteiger partial charge in [0.2, 0.25) is 0 Å². The van der Waals surface area contributed by atoms with E-state index in [1.54, 1.807) is 24.3 Å². The van der Waals surface area contributed by atoms with E-state index < -0.39 is 0 Å². The van der Waals surface area contributed by atoms with Crippen LogP contribution >= 0.6 is 11.3 Å². The van der Waals surface area contributed by atoms with E-state index in [2.05, 4.69) is 25.8 Å². The first-order valence-electron chi connectivity index (χ1n) is 8.75. The van der Waals surface area contributed by atoms with Gasteiger partial charge in [0.1, 0.15) is 5.82 Å². The van der Waals surface area contributed by atoms with Crippen LogP contribution in [-0.2, 0) is 0 Å². The van der Waals surface area contributed by atoms with Gasteiger partial charge in [-0.15, -0.1) is 11.3 Å². The Morgan fingerprint density at radius 2 is 1.93 bits per heavy atom. The Morgan fingerprint density at radius 3 is 2.66 bits per heavy atom. The number of anilines is 2. The van der Waals surface area contributed by atoms with Gasteiger partial charge in [0.25, 0.3) is 11.8 Å². The first kappa shape index (κ1) is 18.6. The Bertz CT molecular complexity index is 1180. The first-order valence-corrected chi connectivity index (χ1v) is 9.57. The zero-order chi connectivity index (χ0) is 20.4. The molecule has 0 atom stereocenters. The van der Waals surface area contributed by atoms with E-state index in [-0.39, 0.29) is 17.6 Å². The lowest BCUT2D eigenvalue weighted by Gasteiger charge is -2.06. The molecular formula is C20H17N5O3S. The molecule has 4 rings (SSSR count). The van der Waals surface area contributed by atoms with Gasteiger partial charge < -0.3 is 15.1 Å². The average molecular weight is 407 g/mol. The number of aromatic amines is 1. The number of hydrogen-bond donors (Lipinski definition) is 3. The molecule has 2 amide bonds. The highest BCUT2D eigenvalue weighted by molar-refractivity contribution is 7.18. The van der Waals surface area contributed by atoms with Crippen LogP contribution < -0.4 is 10.6 Å². The molecule has 0 saturated heterocycles. The van der Waals surface area contributed by atoms with Crippen molar-refractivity contribution in [2.45, 2.75) is 13.8 Å². The normalized spacial score (nSPS) is 10.7. The van der Waals surface area contributed by atoms with Gasteiger partial charge in [0.05, 0.1) is 16.1 Å². The smallest absolute Gasteiger partial charge is 0.291 e. The van der Waals surface area contributed by atoms with E-state index in [0.717, 1.165) is 11.1 Å². The predicted molar refractivity (Wildman–Crippen MR) is 110 cm³/mol. The van der Waals surface area contributed by atoms with Crippen molar-refractivity contribution >= 4 is 33.8 Å². The molecule has 0 bridgehead atoms. The van der Waals surface area contributed by atoms with Crippen molar-refractivity contribution < 1.29 is 14.0 Å². The number of furan rings is 1. The third-order valence-electron chi connectivity index (χ3n) is 4.08. The Labute approximate surface area is 170 Å². The van der Waals surface area contributed by atoms with Crippen molar-refractivity contribution in [3.63, 3.8) is 0 Å². The highest BCUT2D eigenvalue weighted by Gasteiger charge is 2.17. The molecule has 0 saturated carbocycles. The molecule has 4 aromatic rings. The van der Waals surface area contributed by atoms with E-state index in [1.165, 1.54) is 17.6 Å². The lowest BCUT2D eigenvalue weighted by atomic mass is 10.2. The van der Waals surface area contributed by atoms with Crippen molar-refractivity contribution in [1.82, 2.24) is 15.2 Å². The second-order valence-corrected chi connectivity index (χ2v) is 7.39. The highest BCUT2D eigenvalue weighted by Crippen LogP contribution is 2.28. The Morgan fingerprint density at radius 1 is 1.07 bits per heavy atom. The maximum atomic E-state index is 12.7. The maximum Gasteiger partial charge on any atom is 0.291 e. The second kappa shape index (κ2) is 7.72. The first-order chi connectivity index (χ1) is 14.0. The zero-order valence-electron chi connectivity index (χ0n) is 15.6. The van der Waals surface area contributed by atoms with E-state index >= 15 is 0 Å². The fourth-order valence-corrected chi connectivity index (χ4v) is 3.71. The topological polar surface area (TPSA) is 113 Å². The number of carbonyl (C=O) groups is 2.